The molecule has 1 heterocycles. The number of nitrogens with one attached hydrogen (secondary N) is 2. The maximum Gasteiger partial charge on any atom is 0.325 e. The number of halogens is 1. The summed E-state index contributed by atoms with van der Waals surface area (Å²) < 4.78 is 0.825. The van der Waals surface area contributed by atoms with E-state index < -0.39 is 11.6 Å². The van der Waals surface area contributed by atoms with Gasteiger partial charge in [0.1, 0.15) is 5.54 Å². The van der Waals surface area contributed by atoms with Crippen LogP contribution >= 0.6 is 15.9 Å². The van der Waals surface area contributed by atoms with Crippen molar-refractivity contribution in [2.24, 2.45) is 0 Å². The van der Waals surface area contributed by atoms with E-state index in [1.54, 1.807) is 19.9 Å². The lowest BCUT2D eigenvalue weighted by atomic mass is 10.1. The highest BCUT2D eigenvalue weighted by Crippen LogP contribution is 2.27. The van der Waals surface area contributed by atoms with Gasteiger partial charge in [-0.3, -0.25) is 14.5 Å². The Morgan fingerprint density at radius 3 is 2.62 bits per heavy atom. The fourth-order valence-corrected chi connectivity index (χ4v) is 3.06. The maximum absolute atomic E-state index is 12.1. The van der Waals surface area contributed by atoms with Crippen molar-refractivity contribution in [3.63, 3.8) is 0 Å². The number of urea groups is 1. The molecule has 130 valence electrons. The number of benzene rings is 1. The van der Waals surface area contributed by atoms with Crippen molar-refractivity contribution in [2.75, 3.05) is 17.6 Å². The van der Waals surface area contributed by atoms with Crippen LogP contribution in [-0.4, -0.2) is 34.8 Å². The molecule has 1 aliphatic heterocycles. The highest BCUT2D eigenvalue weighted by Gasteiger charge is 2.43. The Morgan fingerprint density at radius 2 is 2.04 bits per heavy atom. The number of carbonyl (C=O) groups excluding carboxylic acids is 3. The highest BCUT2D eigenvalue weighted by atomic mass is 79.9. The molecule has 4 N–H and O–H groups in total. The van der Waals surface area contributed by atoms with Crippen LogP contribution < -0.4 is 16.4 Å². The molecule has 0 spiro atoms. The summed E-state index contributed by atoms with van der Waals surface area (Å²) in [4.78, 5) is 37.0. The van der Waals surface area contributed by atoms with Gasteiger partial charge < -0.3 is 16.4 Å². The van der Waals surface area contributed by atoms with E-state index in [0.717, 1.165) is 14.9 Å². The molecule has 0 radical (unpaired) electrons. The molecule has 1 aromatic carbocycles. The molecule has 1 fully saturated rings. The number of nitrogens with two attached hydrogens (primary N) is 1. The molecule has 1 aromatic rings. The van der Waals surface area contributed by atoms with Crippen LogP contribution in [-0.2, 0) is 9.59 Å². The van der Waals surface area contributed by atoms with E-state index in [-0.39, 0.29) is 24.8 Å². The lowest BCUT2D eigenvalue weighted by Crippen LogP contribution is -2.40. The van der Waals surface area contributed by atoms with Crippen molar-refractivity contribution >= 4 is 45.2 Å². The zero-order chi connectivity index (χ0) is 18.1. The largest absolute Gasteiger partial charge is 0.397 e. The van der Waals surface area contributed by atoms with Gasteiger partial charge in [-0.2, -0.15) is 0 Å². The Morgan fingerprint density at radius 1 is 1.38 bits per heavy atom. The number of anilines is 2. The van der Waals surface area contributed by atoms with Gasteiger partial charge in [-0.1, -0.05) is 15.9 Å². The number of amides is 4. The first kappa shape index (κ1) is 18.3. The molecule has 8 heteroatoms. The van der Waals surface area contributed by atoms with Crippen molar-refractivity contribution in [3.8, 4) is 0 Å². The summed E-state index contributed by atoms with van der Waals surface area (Å²) in [5, 5.41) is 5.36. The Labute approximate surface area is 149 Å². The average Bonchev–Trinajstić information content (AvgIpc) is 2.66. The van der Waals surface area contributed by atoms with Crippen LogP contribution in [0.2, 0.25) is 0 Å². The van der Waals surface area contributed by atoms with E-state index >= 15 is 0 Å². The van der Waals surface area contributed by atoms with Crippen molar-refractivity contribution in [2.45, 2.75) is 39.2 Å². The molecule has 0 unspecified atom stereocenters. The third kappa shape index (κ3) is 3.87. The normalized spacial score (nSPS) is 16.2. The number of nitrogen functional groups attached to an aromatic ring is 1. The minimum absolute atomic E-state index is 0.183. The van der Waals surface area contributed by atoms with Gasteiger partial charge in [0, 0.05) is 17.4 Å². The molecule has 0 bridgehead atoms. The van der Waals surface area contributed by atoms with E-state index in [1.807, 2.05) is 13.0 Å². The lowest BCUT2D eigenvalue weighted by molar-refractivity contribution is -0.130. The molecule has 2 rings (SSSR count). The summed E-state index contributed by atoms with van der Waals surface area (Å²) in [7, 11) is 0. The summed E-state index contributed by atoms with van der Waals surface area (Å²) in [6.45, 7) is 5.36. The molecule has 0 atom stereocenters. The summed E-state index contributed by atoms with van der Waals surface area (Å²) in [5.41, 5.74) is 6.99. The predicted octanol–water partition coefficient (Wildman–Crippen LogP) is 2.39. The molecule has 7 nitrogen and oxygen atoms in total. The van der Waals surface area contributed by atoms with Crippen LogP contribution in [0.5, 0.6) is 0 Å². The smallest absolute Gasteiger partial charge is 0.325 e. The van der Waals surface area contributed by atoms with Gasteiger partial charge >= 0.3 is 6.03 Å². The summed E-state index contributed by atoms with van der Waals surface area (Å²) in [5.74, 6) is -0.495. The second-order valence-corrected chi connectivity index (χ2v) is 7.26. The number of aryl methyl sites for hydroxylation is 1. The zero-order valence-electron chi connectivity index (χ0n) is 13.9. The second kappa shape index (κ2) is 6.80. The fourth-order valence-electron chi connectivity index (χ4n) is 2.49. The van der Waals surface area contributed by atoms with Crippen molar-refractivity contribution in [1.82, 2.24) is 10.2 Å². The summed E-state index contributed by atoms with van der Waals surface area (Å²) >= 11 is 3.36. The van der Waals surface area contributed by atoms with E-state index in [1.165, 1.54) is 0 Å². The van der Waals surface area contributed by atoms with Gasteiger partial charge in [0.15, 0.2) is 0 Å². The number of nitrogens with zero attached hydrogens (tertiary/aromatic N) is 1. The minimum Gasteiger partial charge on any atom is -0.397 e. The number of carbonyl (C=O) groups is 3. The molecule has 0 saturated carbocycles. The van der Waals surface area contributed by atoms with E-state index in [0.29, 0.717) is 17.8 Å². The maximum atomic E-state index is 12.1. The first-order valence-corrected chi connectivity index (χ1v) is 8.40. The number of hydrogen-bond acceptors (Lipinski definition) is 4. The first-order chi connectivity index (χ1) is 11.1. The number of hydrogen-bond donors (Lipinski definition) is 3. The van der Waals surface area contributed by atoms with Gasteiger partial charge in [-0.05, 0) is 44.9 Å². The molecule has 24 heavy (non-hydrogen) atoms. The molecule has 1 saturated heterocycles. The van der Waals surface area contributed by atoms with Crippen molar-refractivity contribution in [3.05, 3.63) is 22.2 Å². The van der Waals surface area contributed by atoms with Crippen LogP contribution in [0.3, 0.4) is 0 Å². The minimum atomic E-state index is -0.887. The van der Waals surface area contributed by atoms with Gasteiger partial charge in [0.25, 0.3) is 5.91 Å². The van der Waals surface area contributed by atoms with Crippen molar-refractivity contribution in [1.29, 1.82) is 0 Å². The van der Waals surface area contributed by atoms with E-state index in [4.69, 9.17) is 5.73 Å². The van der Waals surface area contributed by atoms with Crippen LogP contribution in [0.15, 0.2) is 16.6 Å². The van der Waals surface area contributed by atoms with Gasteiger partial charge in [-0.25, -0.2) is 4.79 Å². The van der Waals surface area contributed by atoms with Crippen LogP contribution in [0.1, 0.15) is 32.3 Å². The number of rotatable bonds is 5. The lowest BCUT2D eigenvalue weighted by Gasteiger charge is -2.16. The Bertz CT molecular complexity index is 703. The second-order valence-electron chi connectivity index (χ2n) is 6.35. The number of imide groups is 1. The van der Waals surface area contributed by atoms with Gasteiger partial charge in [0.05, 0.1) is 11.4 Å². The molecular weight excluding hydrogens is 376 g/mol. The average molecular weight is 397 g/mol. The quantitative estimate of drug-likeness (QED) is 0.524. The molecular formula is C16H21BrN4O3. The van der Waals surface area contributed by atoms with Gasteiger partial charge in [-0.15, -0.1) is 0 Å². The first-order valence-electron chi connectivity index (χ1n) is 7.61. The summed E-state index contributed by atoms with van der Waals surface area (Å²) in [6.07, 6.45) is 0.566. The predicted molar refractivity (Wildman–Crippen MR) is 95.5 cm³/mol. The Kier molecular flexibility index (Phi) is 5.17. The van der Waals surface area contributed by atoms with E-state index in [2.05, 4.69) is 26.6 Å². The van der Waals surface area contributed by atoms with E-state index in [9.17, 15) is 14.4 Å². The Hall–Kier alpha value is -2.09. The molecule has 1 aliphatic rings. The molecule has 0 aromatic heterocycles. The van der Waals surface area contributed by atoms with Crippen LogP contribution in [0.4, 0.5) is 16.2 Å². The SMILES string of the molecule is Cc1cc(Br)cc(NC(=O)CCCN2C(=O)NC(C)(C)C2=O)c1N. The van der Waals surface area contributed by atoms with Crippen molar-refractivity contribution < 1.29 is 14.4 Å². The van der Waals surface area contributed by atoms with Gasteiger partial charge in [0.2, 0.25) is 5.91 Å². The van der Waals surface area contributed by atoms with Crippen LogP contribution in [0.25, 0.3) is 0 Å². The monoisotopic (exact) mass is 396 g/mol. The van der Waals surface area contributed by atoms with Crippen LogP contribution in [0, 0.1) is 6.92 Å². The summed E-state index contributed by atoms with van der Waals surface area (Å²) in [6, 6.07) is 3.18. The topological polar surface area (TPSA) is 105 Å². The molecule has 0 aliphatic carbocycles. The Balaban J connectivity index is 1.89. The highest BCUT2D eigenvalue weighted by molar-refractivity contribution is 9.10. The third-order valence-corrected chi connectivity index (χ3v) is 4.31. The molecule has 4 amide bonds. The third-order valence-electron chi connectivity index (χ3n) is 3.86. The standard InChI is InChI=1S/C16H21BrN4O3/c1-9-7-10(17)8-11(13(9)18)19-12(22)5-4-6-21-14(23)16(2,3)20-15(21)24/h7-8H,4-6,18H2,1-3H3,(H,19,22)(H,20,24). The fraction of sp³-hybridized carbons (Fsp3) is 0.438. The zero-order valence-corrected chi connectivity index (χ0v) is 15.5.